The summed E-state index contributed by atoms with van der Waals surface area (Å²) in [6, 6.07) is 12.3. The van der Waals surface area contributed by atoms with Gasteiger partial charge in [-0.05, 0) is 62.8 Å². The lowest BCUT2D eigenvalue weighted by atomic mass is 9.73. The molecule has 0 N–H and O–H groups in total. The van der Waals surface area contributed by atoms with Crippen molar-refractivity contribution in [2.24, 2.45) is 5.41 Å². The molecule has 0 unspecified atom stereocenters. The molecule has 152 valence electrons. The van der Waals surface area contributed by atoms with Crippen molar-refractivity contribution in [2.75, 3.05) is 13.2 Å². The fourth-order valence-electron chi connectivity index (χ4n) is 3.60. The first-order valence-electron chi connectivity index (χ1n) is 10.1. The van der Waals surface area contributed by atoms with Crippen LogP contribution in [0.25, 0.3) is 16.8 Å². The average Bonchev–Trinajstić information content (AvgIpc) is 2.75. The van der Waals surface area contributed by atoms with E-state index in [-0.39, 0.29) is 13.2 Å². The number of aromatic nitrogens is 1. The van der Waals surface area contributed by atoms with Gasteiger partial charge in [-0.3, -0.25) is 14.6 Å². The molecular weight excluding hydrogens is 366 g/mol. The van der Waals surface area contributed by atoms with E-state index >= 15 is 0 Å². The Labute approximate surface area is 171 Å². The largest absolute Gasteiger partial charge is 0.465 e. The third-order valence-corrected chi connectivity index (χ3v) is 5.31. The molecular formula is C24H27NO4. The molecule has 0 aliphatic heterocycles. The summed E-state index contributed by atoms with van der Waals surface area (Å²) in [5, 5.41) is 0. The lowest BCUT2D eigenvalue weighted by molar-refractivity contribution is -0.172. The average molecular weight is 393 g/mol. The van der Waals surface area contributed by atoms with Gasteiger partial charge < -0.3 is 9.47 Å². The minimum atomic E-state index is -1.23. The Bertz CT molecular complexity index is 879. The number of rotatable bonds is 6. The molecule has 0 spiro atoms. The van der Waals surface area contributed by atoms with Gasteiger partial charge in [-0.1, -0.05) is 36.4 Å². The first kappa shape index (κ1) is 20.8. The zero-order chi connectivity index (χ0) is 20.9. The quantitative estimate of drug-likeness (QED) is 0.524. The van der Waals surface area contributed by atoms with Crippen molar-refractivity contribution in [1.82, 2.24) is 4.98 Å². The van der Waals surface area contributed by atoms with Crippen LogP contribution in [-0.2, 0) is 19.1 Å². The molecule has 0 saturated carbocycles. The van der Waals surface area contributed by atoms with Crippen molar-refractivity contribution < 1.29 is 19.1 Å². The zero-order valence-electron chi connectivity index (χ0n) is 17.2. The Hall–Kier alpha value is -2.95. The Balaban J connectivity index is 1.80. The van der Waals surface area contributed by atoms with Gasteiger partial charge in [-0.2, -0.15) is 0 Å². The molecule has 5 nitrogen and oxygen atoms in total. The van der Waals surface area contributed by atoms with Gasteiger partial charge in [-0.15, -0.1) is 0 Å². The normalized spacial score (nSPS) is 15.3. The molecule has 1 aromatic heterocycles. The molecule has 1 aliphatic rings. The van der Waals surface area contributed by atoms with Crippen molar-refractivity contribution in [3.63, 3.8) is 0 Å². The second kappa shape index (κ2) is 9.03. The molecule has 29 heavy (non-hydrogen) atoms. The van der Waals surface area contributed by atoms with Gasteiger partial charge in [0.1, 0.15) is 0 Å². The molecule has 0 fully saturated rings. The first-order valence-corrected chi connectivity index (χ1v) is 10.1. The lowest BCUT2D eigenvalue weighted by Gasteiger charge is -2.32. The van der Waals surface area contributed by atoms with E-state index in [1.807, 2.05) is 43.5 Å². The summed E-state index contributed by atoms with van der Waals surface area (Å²) in [5.41, 5.74) is 4.09. The summed E-state index contributed by atoms with van der Waals surface area (Å²) in [5.74, 6) is -0.982. The molecule has 3 rings (SSSR count). The Morgan fingerprint density at radius 1 is 0.966 bits per heavy atom. The second-order valence-corrected chi connectivity index (χ2v) is 7.25. The SMILES string of the molecule is CCOC(=O)C1(C(=O)OCC)CC=C(c2ccc(-c3ccc(C)cn3)cc2)CC1. The molecule has 0 bridgehead atoms. The van der Waals surface area contributed by atoms with Crippen LogP contribution in [0.15, 0.2) is 48.7 Å². The summed E-state index contributed by atoms with van der Waals surface area (Å²) in [4.78, 5) is 29.6. The second-order valence-electron chi connectivity index (χ2n) is 7.25. The number of aryl methyl sites for hydroxylation is 1. The van der Waals surface area contributed by atoms with Crippen LogP contribution in [0.1, 0.15) is 44.2 Å². The molecule has 0 amide bonds. The van der Waals surface area contributed by atoms with Gasteiger partial charge in [0.05, 0.1) is 18.9 Å². The maximum atomic E-state index is 12.5. The highest BCUT2D eigenvalue weighted by Gasteiger charge is 2.49. The molecule has 1 heterocycles. The molecule has 1 aromatic carbocycles. The molecule has 0 radical (unpaired) electrons. The Morgan fingerprint density at radius 2 is 1.59 bits per heavy atom. The molecule has 5 heteroatoms. The van der Waals surface area contributed by atoms with E-state index in [9.17, 15) is 9.59 Å². The van der Waals surface area contributed by atoms with Crippen LogP contribution in [-0.4, -0.2) is 30.1 Å². The van der Waals surface area contributed by atoms with Gasteiger partial charge in [0, 0.05) is 11.8 Å². The number of hydrogen-bond donors (Lipinski definition) is 0. The zero-order valence-corrected chi connectivity index (χ0v) is 17.2. The minimum Gasteiger partial charge on any atom is -0.465 e. The van der Waals surface area contributed by atoms with E-state index < -0.39 is 17.4 Å². The van der Waals surface area contributed by atoms with E-state index in [1.54, 1.807) is 13.8 Å². The number of allylic oxidation sites excluding steroid dienone is 2. The van der Waals surface area contributed by atoms with Crippen LogP contribution in [0.5, 0.6) is 0 Å². The third-order valence-electron chi connectivity index (χ3n) is 5.31. The number of pyridine rings is 1. The number of carbonyl (C=O) groups is 2. The van der Waals surface area contributed by atoms with Crippen molar-refractivity contribution in [3.8, 4) is 11.3 Å². The number of carbonyl (C=O) groups excluding carboxylic acids is 2. The van der Waals surface area contributed by atoms with E-state index in [0.29, 0.717) is 19.3 Å². The van der Waals surface area contributed by atoms with Gasteiger partial charge >= 0.3 is 11.9 Å². The number of esters is 2. The van der Waals surface area contributed by atoms with Gasteiger partial charge in [0.25, 0.3) is 0 Å². The predicted molar refractivity (Wildman–Crippen MR) is 112 cm³/mol. The molecule has 1 aliphatic carbocycles. The standard InChI is InChI=1S/C24H27NO4/c1-4-28-22(26)24(23(27)29-5-2)14-12-19(13-15-24)18-7-9-20(10-8-18)21-11-6-17(3)16-25-21/h6-12,16H,4-5,13-15H2,1-3H3. The Morgan fingerprint density at radius 3 is 2.07 bits per heavy atom. The first-order chi connectivity index (χ1) is 14.0. The number of ether oxygens (including phenoxy) is 2. The number of nitrogens with zero attached hydrogens (tertiary/aromatic N) is 1. The minimum absolute atomic E-state index is 0.241. The van der Waals surface area contributed by atoms with E-state index in [1.165, 1.54) is 0 Å². The smallest absolute Gasteiger partial charge is 0.323 e. The molecule has 0 saturated heterocycles. The monoisotopic (exact) mass is 393 g/mol. The third kappa shape index (κ3) is 4.39. The van der Waals surface area contributed by atoms with Gasteiger partial charge in [0.2, 0.25) is 0 Å². The van der Waals surface area contributed by atoms with E-state index in [4.69, 9.17) is 9.47 Å². The highest BCUT2D eigenvalue weighted by molar-refractivity contribution is 6.01. The predicted octanol–water partition coefficient (Wildman–Crippen LogP) is 4.74. The maximum Gasteiger partial charge on any atom is 0.323 e. The summed E-state index contributed by atoms with van der Waals surface area (Å²) in [6.07, 6.45) is 5.12. The number of benzene rings is 1. The highest BCUT2D eigenvalue weighted by atomic mass is 16.6. The molecule has 2 aromatic rings. The van der Waals surface area contributed by atoms with Crippen LogP contribution in [0, 0.1) is 12.3 Å². The summed E-state index contributed by atoms with van der Waals surface area (Å²) in [6.45, 7) is 5.98. The van der Waals surface area contributed by atoms with Crippen molar-refractivity contribution in [2.45, 2.75) is 40.0 Å². The van der Waals surface area contributed by atoms with Crippen molar-refractivity contribution in [1.29, 1.82) is 0 Å². The topological polar surface area (TPSA) is 65.5 Å². The fraction of sp³-hybridized carbons (Fsp3) is 0.375. The van der Waals surface area contributed by atoms with Crippen molar-refractivity contribution in [3.05, 3.63) is 59.8 Å². The van der Waals surface area contributed by atoms with Crippen molar-refractivity contribution >= 4 is 17.5 Å². The van der Waals surface area contributed by atoms with E-state index in [0.717, 1.165) is 28.0 Å². The summed E-state index contributed by atoms with van der Waals surface area (Å²) >= 11 is 0. The lowest BCUT2D eigenvalue weighted by Crippen LogP contribution is -2.43. The van der Waals surface area contributed by atoms with E-state index in [2.05, 4.69) is 17.1 Å². The van der Waals surface area contributed by atoms with Crippen LogP contribution in [0.3, 0.4) is 0 Å². The Kier molecular flexibility index (Phi) is 6.47. The maximum absolute atomic E-state index is 12.5. The van der Waals surface area contributed by atoms with Crippen LogP contribution in [0.2, 0.25) is 0 Å². The highest BCUT2D eigenvalue weighted by Crippen LogP contribution is 2.41. The summed E-state index contributed by atoms with van der Waals surface area (Å²) in [7, 11) is 0. The fourth-order valence-corrected chi connectivity index (χ4v) is 3.60. The van der Waals surface area contributed by atoms with Gasteiger partial charge in [0.15, 0.2) is 5.41 Å². The van der Waals surface area contributed by atoms with Gasteiger partial charge in [-0.25, -0.2) is 0 Å². The molecule has 0 atom stereocenters. The van der Waals surface area contributed by atoms with Crippen LogP contribution < -0.4 is 0 Å². The van der Waals surface area contributed by atoms with Crippen LogP contribution in [0.4, 0.5) is 0 Å². The summed E-state index contributed by atoms with van der Waals surface area (Å²) < 4.78 is 10.4. The van der Waals surface area contributed by atoms with Crippen LogP contribution >= 0.6 is 0 Å². The number of hydrogen-bond acceptors (Lipinski definition) is 5.